The number of carbonyl (C=O) groups excluding carboxylic acids is 1. The molecule has 226 valence electrons. The fourth-order valence-electron chi connectivity index (χ4n) is 6.38. The van der Waals surface area contributed by atoms with E-state index in [0.717, 1.165) is 34.3 Å². The van der Waals surface area contributed by atoms with Crippen molar-refractivity contribution in [2.75, 3.05) is 32.8 Å². The number of ether oxygens (including phenoxy) is 2. The van der Waals surface area contributed by atoms with Crippen LogP contribution >= 0.6 is 23.2 Å². The highest BCUT2D eigenvalue weighted by Gasteiger charge is 2.35. The number of hydrogen-bond donors (Lipinski definition) is 1. The molecule has 1 atom stereocenters. The number of aromatic amines is 1. The molecule has 0 aliphatic carbocycles. The highest BCUT2D eigenvalue weighted by Crippen LogP contribution is 2.40. The number of halogens is 2. The normalized spacial score (nSPS) is 17.2. The summed E-state index contributed by atoms with van der Waals surface area (Å²) in [6.07, 6.45) is 9.16. The van der Waals surface area contributed by atoms with Gasteiger partial charge in [0, 0.05) is 33.2 Å². The van der Waals surface area contributed by atoms with E-state index in [1.165, 1.54) is 63.7 Å². The number of benzene rings is 3. The molecule has 6 rings (SSSR count). The van der Waals surface area contributed by atoms with Gasteiger partial charge in [0.2, 0.25) is 0 Å². The number of aromatic nitrogens is 1. The molecule has 43 heavy (non-hydrogen) atoms. The van der Waals surface area contributed by atoms with Gasteiger partial charge in [0.05, 0.1) is 6.61 Å². The van der Waals surface area contributed by atoms with Gasteiger partial charge >= 0.3 is 6.09 Å². The highest BCUT2D eigenvalue weighted by atomic mass is 35.5. The van der Waals surface area contributed by atoms with Crippen molar-refractivity contribution in [1.29, 1.82) is 0 Å². The second kappa shape index (κ2) is 14.1. The van der Waals surface area contributed by atoms with Gasteiger partial charge in [-0.1, -0.05) is 54.6 Å². The molecule has 0 spiro atoms. The molecule has 8 heteroatoms. The van der Waals surface area contributed by atoms with E-state index in [1.807, 2.05) is 30.3 Å². The minimum Gasteiger partial charge on any atom is -0.494 e. The van der Waals surface area contributed by atoms with E-state index in [2.05, 4.69) is 22.0 Å². The SMILES string of the molecule is O=C(Oc1ccc(Cl)cc1)N1CCc2c([nH]c3ccc(Cl)cc23)C1c1ccc(OCCCCCCN2CCCCC2)cc1. The molecule has 1 unspecified atom stereocenters. The number of rotatable bonds is 10. The van der Waals surface area contributed by atoms with Crippen LogP contribution < -0.4 is 9.47 Å². The van der Waals surface area contributed by atoms with Crippen LogP contribution in [-0.4, -0.2) is 53.7 Å². The monoisotopic (exact) mass is 619 g/mol. The topological polar surface area (TPSA) is 57.8 Å². The Balaban J connectivity index is 1.12. The number of nitrogens with zero attached hydrogens (tertiary/aromatic N) is 2. The standard InChI is InChI=1S/C35H39Cl2N3O3/c36-26-10-15-29(16-11-26)43-35(41)40-22-18-30-31-24-27(37)12-17-32(31)38-33(30)34(40)25-8-13-28(14-9-25)42-23-7-2-1-4-19-39-20-5-3-6-21-39/h8-17,24,34,38H,1-7,18-23H2. The van der Waals surface area contributed by atoms with Crippen LogP contribution in [0.1, 0.15) is 67.8 Å². The van der Waals surface area contributed by atoms with Gasteiger partial charge in [-0.25, -0.2) is 4.79 Å². The van der Waals surface area contributed by atoms with Crippen LogP contribution in [0.3, 0.4) is 0 Å². The Bertz CT molecular complexity index is 1510. The number of nitrogens with one attached hydrogen (secondary N) is 1. The van der Waals surface area contributed by atoms with Crippen molar-refractivity contribution in [3.8, 4) is 11.5 Å². The van der Waals surface area contributed by atoms with Crippen molar-refractivity contribution in [2.24, 2.45) is 0 Å². The Morgan fingerprint density at radius 1 is 0.814 bits per heavy atom. The molecule has 1 N–H and O–H groups in total. The smallest absolute Gasteiger partial charge is 0.416 e. The Labute approximate surface area is 263 Å². The van der Waals surface area contributed by atoms with E-state index in [-0.39, 0.29) is 6.04 Å². The van der Waals surface area contributed by atoms with E-state index in [0.29, 0.717) is 35.4 Å². The second-order valence-electron chi connectivity index (χ2n) is 11.6. The third kappa shape index (κ3) is 7.31. The minimum atomic E-state index is -0.407. The quantitative estimate of drug-likeness (QED) is 0.180. The Morgan fingerprint density at radius 3 is 2.33 bits per heavy atom. The predicted molar refractivity (Wildman–Crippen MR) is 174 cm³/mol. The van der Waals surface area contributed by atoms with Crippen molar-refractivity contribution in [3.05, 3.63) is 93.6 Å². The predicted octanol–water partition coefficient (Wildman–Crippen LogP) is 9.05. The van der Waals surface area contributed by atoms with E-state index in [4.69, 9.17) is 32.7 Å². The van der Waals surface area contributed by atoms with Gasteiger partial charge in [0.25, 0.3) is 0 Å². The summed E-state index contributed by atoms with van der Waals surface area (Å²) >= 11 is 12.4. The van der Waals surface area contributed by atoms with Crippen molar-refractivity contribution >= 4 is 40.2 Å². The van der Waals surface area contributed by atoms with E-state index >= 15 is 0 Å². The third-order valence-corrected chi connectivity index (χ3v) is 9.11. The van der Waals surface area contributed by atoms with E-state index in [1.54, 1.807) is 29.2 Å². The number of carbonyl (C=O) groups is 1. The van der Waals surface area contributed by atoms with E-state index < -0.39 is 6.09 Å². The molecule has 0 saturated carbocycles. The lowest BCUT2D eigenvalue weighted by molar-refractivity contribution is 0.135. The maximum atomic E-state index is 13.5. The van der Waals surface area contributed by atoms with Crippen LogP contribution in [0.15, 0.2) is 66.7 Å². The molecule has 1 saturated heterocycles. The summed E-state index contributed by atoms with van der Waals surface area (Å²) in [6.45, 7) is 5.01. The molecule has 1 aromatic heterocycles. The first kappa shape index (κ1) is 29.9. The number of fused-ring (bicyclic) bond motifs is 3. The first-order chi connectivity index (χ1) is 21.0. The van der Waals surface area contributed by atoms with Gasteiger partial charge in [-0.3, -0.25) is 4.90 Å². The Hall–Kier alpha value is -3.19. The van der Waals surface area contributed by atoms with Crippen molar-refractivity contribution in [1.82, 2.24) is 14.8 Å². The number of likely N-dealkylation sites (tertiary alicyclic amines) is 1. The molecule has 2 aliphatic heterocycles. The van der Waals surface area contributed by atoms with Crippen molar-refractivity contribution < 1.29 is 14.3 Å². The first-order valence-electron chi connectivity index (χ1n) is 15.5. The summed E-state index contributed by atoms with van der Waals surface area (Å²) in [6, 6.07) is 20.5. The fraction of sp³-hybridized carbons (Fsp3) is 0.400. The molecule has 3 heterocycles. The molecule has 2 aliphatic rings. The largest absolute Gasteiger partial charge is 0.494 e. The van der Waals surface area contributed by atoms with Crippen LogP contribution in [0.4, 0.5) is 4.79 Å². The molecular formula is C35H39Cl2N3O3. The Morgan fingerprint density at radius 2 is 1.53 bits per heavy atom. The fourth-order valence-corrected chi connectivity index (χ4v) is 6.67. The average Bonchev–Trinajstić information content (AvgIpc) is 3.40. The number of amides is 1. The molecular weight excluding hydrogens is 581 g/mol. The number of unbranched alkanes of at least 4 members (excludes halogenated alkanes) is 3. The van der Waals surface area contributed by atoms with Crippen LogP contribution in [0, 0.1) is 0 Å². The third-order valence-electron chi connectivity index (χ3n) is 8.62. The molecule has 1 fully saturated rings. The van der Waals surface area contributed by atoms with Gasteiger partial charge < -0.3 is 19.4 Å². The van der Waals surface area contributed by atoms with Crippen molar-refractivity contribution in [3.63, 3.8) is 0 Å². The molecule has 0 radical (unpaired) electrons. The summed E-state index contributed by atoms with van der Waals surface area (Å²) in [4.78, 5) is 21.5. The van der Waals surface area contributed by atoms with Gasteiger partial charge in [-0.2, -0.15) is 0 Å². The molecule has 3 aromatic carbocycles. The maximum absolute atomic E-state index is 13.5. The zero-order chi connectivity index (χ0) is 29.6. The molecule has 0 bridgehead atoms. The van der Waals surface area contributed by atoms with E-state index in [9.17, 15) is 4.79 Å². The number of piperidine rings is 1. The lowest BCUT2D eigenvalue weighted by Crippen LogP contribution is -2.42. The maximum Gasteiger partial charge on any atom is 0.416 e. The van der Waals surface area contributed by atoms with Crippen LogP contribution in [0.25, 0.3) is 10.9 Å². The minimum absolute atomic E-state index is 0.344. The van der Waals surface area contributed by atoms with Gasteiger partial charge in [0.15, 0.2) is 0 Å². The summed E-state index contributed by atoms with van der Waals surface area (Å²) in [5.74, 6) is 1.30. The summed E-state index contributed by atoms with van der Waals surface area (Å²) in [5, 5.41) is 2.38. The van der Waals surface area contributed by atoms with Crippen LogP contribution in [-0.2, 0) is 6.42 Å². The average molecular weight is 621 g/mol. The molecule has 6 nitrogen and oxygen atoms in total. The lowest BCUT2D eigenvalue weighted by atomic mass is 9.92. The molecule has 1 amide bonds. The number of H-pyrrole nitrogens is 1. The van der Waals surface area contributed by atoms with Crippen LogP contribution in [0.2, 0.25) is 10.0 Å². The zero-order valence-corrected chi connectivity index (χ0v) is 26.0. The first-order valence-corrected chi connectivity index (χ1v) is 16.3. The molecule has 4 aromatic rings. The summed E-state index contributed by atoms with van der Waals surface area (Å²) in [7, 11) is 0. The zero-order valence-electron chi connectivity index (χ0n) is 24.5. The highest BCUT2D eigenvalue weighted by molar-refractivity contribution is 6.31. The lowest BCUT2D eigenvalue weighted by Gasteiger charge is -2.35. The summed E-state index contributed by atoms with van der Waals surface area (Å²) < 4.78 is 11.9. The van der Waals surface area contributed by atoms with Crippen molar-refractivity contribution in [2.45, 2.75) is 57.4 Å². The van der Waals surface area contributed by atoms with Gasteiger partial charge in [0.1, 0.15) is 17.5 Å². The summed E-state index contributed by atoms with van der Waals surface area (Å²) in [5.41, 5.74) is 4.15. The van der Waals surface area contributed by atoms with Gasteiger partial charge in [-0.05, 0) is 117 Å². The Kier molecular flexibility index (Phi) is 9.77. The van der Waals surface area contributed by atoms with Crippen LogP contribution in [0.5, 0.6) is 11.5 Å². The second-order valence-corrected chi connectivity index (χ2v) is 12.5. The van der Waals surface area contributed by atoms with Gasteiger partial charge in [-0.15, -0.1) is 0 Å². The number of hydrogen-bond acceptors (Lipinski definition) is 4.